The summed E-state index contributed by atoms with van der Waals surface area (Å²) in [6.45, 7) is 1.94. The topological polar surface area (TPSA) is 63.2 Å². The number of pyridine rings is 2. The maximum Gasteiger partial charge on any atom is 0.245 e. The van der Waals surface area contributed by atoms with Crippen LogP contribution in [0.3, 0.4) is 0 Å². The first-order valence-corrected chi connectivity index (χ1v) is 10.7. The number of para-hydroxylation sites is 1. The summed E-state index contributed by atoms with van der Waals surface area (Å²) in [5.41, 5.74) is 2.96. The van der Waals surface area contributed by atoms with Gasteiger partial charge >= 0.3 is 0 Å². The van der Waals surface area contributed by atoms with Gasteiger partial charge in [0, 0.05) is 24.8 Å². The van der Waals surface area contributed by atoms with Crippen LogP contribution in [0.5, 0.6) is 0 Å². The molecule has 0 N–H and O–H groups in total. The molecule has 2 heterocycles. The van der Waals surface area contributed by atoms with Gasteiger partial charge in [0.1, 0.15) is 4.90 Å². The highest BCUT2D eigenvalue weighted by Gasteiger charge is 2.32. The highest BCUT2D eigenvalue weighted by atomic mass is 32.2. The Morgan fingerprint density at radius 3 is 2.38 bits per heavy atom. The van der Waals surface area contributed by atoms with E-state index < -0.39 is 16.1 Å². The maximum atomic E-state index is 13.7. The molecule has 0 radical (unpaired) electrons. The van der Waals surface area contributed by atoms with E-state index in [0.717, 1.165) is 16.5 Å². The van der Waals surface area contributed by atoms with E-state index >= 15 is 0 Å². The first-order chi connectivity index (χ1) is 14.0. The third-order valence-corrected chi connectivity index (χ3v) is 6.77. The summed E-state index contributed by atoms with van der Waals surface area (Å²) in [7, 11) is -2.25. The van der Waals surface area contributed by atoms with Crippen molar-refractivity contribution in [3.63, 3.8) is 0 Å². The Morgan fingerprint density at radius 1 is 0.897 bits per heavy atom. The summed E-state index contributed by atoms with van der Waals surface area (Å²) < 4.78 is 28.7. The zero-order chi connectivity index (χ0) is 20.4. The third-order valence-electron chi connectivity index (χ3n) is 4.91. The van der Waals surface area contributed by atoms with Crippen LogP contribution in [-0.4, -0.2) is 29.7 Å². The number of benzene rings is 2. The molecule has 2 aromatic carbocycles. The minimum atomic E-state index is -3.84. The molecule has 0 bridgehead atoms. The highest BCUT2D eigenvalue weighted by Crippen LogP contribution is 2.33. The third kappa shape index (κ3) is 3.64. The molecule has 0 aliphatic rings. The average Bonchev–Trinajstić information content (AvgIpc) is 2.74. The summed E-state index contributed by atoms with van der Waals surface area (Å²) in [6, 6.07) is 21.7. The highest BCUT2D eigenvalue weighted by molar-refractivity contribution is 7.89. The van der Waals surface area contributed by atoms with Gasteiger partial charge in [-0.05, 0) is 42.3 Å². The van der Waals surface area contributed by atoms with Gasteiger partial charge in [0.05, 0.1) is 17.3 Å². The lowest BCUT2D eigenvalue weighted by molar-refractivity contribution is 0.412. The molecule has 5 nitrogen and oxygen atoms in total. The zero-order valence-electron chi connectivity index (χ0n) is 16.2. The Labute approximate surface area is 170 Å². The van der Waals surface area contributed by atoms with Crippen LogP contribution in [0, 0.1) is 6.92 Å². The molecule has 0 saturated carbocycles. The van der Waals surface area contributed by atoms with Crippen LogP contribution in [0.15, 0.2) is 90.1 Å². The Hall–Kier alpha value is -3.09. The Kier molecular flexibility index (Phi) is 5.13. The number of rotatable bonds is 5. The molecule has 4 rings (SSSR count). The lowest BCUT2D eigenvalue weighted by atomic mass is 10.0. The fourth-order valence-electron chi connectivity index (χ4n) is 3.48. The van der Waals surface area contributed by atoms with Crippen LogP contribution in [0.1, 0.15) is 22.9 Å². The summed E-state index contributed by atoms with van der Waals surface area (Å²) in [5, 5.41) is 0.800. The second-order valence-electron chi connectivity index (χ2n) is 6.93. The molecule has 0 fully saturated rings. The number of fused-ring (bicyclic) bond motifs is 1. The number of nitrogens with zero attached hydrogens (tertiary/aromatic N) is 3. The first-order valence-electron chi connectivity index (χ1n) is 9.28. The first kappa shape index (κ1) is 19.2. The van der Waals surface area contributed by atoms with Gasteiger partial charge in [0.15, 0.2) is 0 Å². The molecule has 6 heteroatoms. The van der Waals surface area contributed by atoms with E-state index in [1.807, 2.05) is 67.6 Å². The minimum absolute atomic E-state index is 0.189. The summed E-state index contributed by atoms with van der Waals surface area (Å²) in [4.78, 5) is 9.04. The van der Waals surface area contributed by atoms with Crippen molar-refractivity contribution in [1.82, 2.24) is 14.3 Å². The second-order valence-corrected chi connectivity index (χ2v) is 8.90. The smallest absolute Gasteiger partial charge is 0.245 e. The number of sulfonamides is 1. The van der Waals surface area contributed by atoms with E-state index in [-0.39, 0.29) is 4.90 Å². The van der Waals surface area contributed by atoms with Crippen molar-refractivity contribution >= 4 is 20.9 Å². The van der Waals surface area contributed by atoms with Crippen LogP contribution >= 0.6 is 0 Å². The molecule has 2 aromatic heterocycles. The summed E-state index contributed by atoms with van der Waals surface area (Å²) in [5.74, 6) is 0. The molecule has 0 aliphatic carbocycles. The monoisotopic (exact) mass is 403 g/mol. The van der Waals surface area contributed by atoms with Crippen LogP contribution < -0.4 is 0 Å². The van der Waals surface area contributed by atoms with E-state index in [2.05, 4.69) is 9.97 Å². The van der Waals surface area contributed by atoms with Crippen LogP contribution in [-0.2, 0) is 10.0 Å². The number of hydrogen-bond donors (Lipinski definition) is 0. The Bertz CT molecular complexity index is 1200. The average molecular weight is 404 g/mol. The molecule has 1 unspecified atom stereocenters. The van der Waals surface area contributed by atoms with Crippen molar-refractivity contribution in [3.05, 3.63) is 102 Å². The lowest BCUT2D eigenvalue weighted by Gasteiger charge is -2.28. The van der Waals surface area contributed by atoms with Crippen LogP contribution in [0.4, 0.5) is 0 Å². The molecule has 0 amide bonds. The van der Waals surface area contributed by atoms with E-state index in [0.29, 0.717) is 11.2 Å². The quantitative estimate of drug-likeness (QED) is 0.497. The summed E-state index contributed by atoms with van der Waals surface area (Å²) in [6.07, 6.45) is 3.36. The van der Waals surface area contributed by atoms with E-state index in [1.165, 1.54) is 4.31 Å². The van der Waals surface area contributed by atoms with Crippen molar-refractivity contribution in [2.45, 2.75) is 17.9 Å². The molecule has 0 saturated heterocycles. The fraction of sp³-hybridized carbons (Fsp3) is 0.130. The zero-order valence-corrected chi connectivity index (χ0v) is 17.0. The molecule has 4 aromatic rings. The Balaban J connectivity index is 1.87. The van der Waals surface area contributed by atoms with Crippen molar-refractivity contribution in [3.8, 4) is 0 Å². The number of hydrogen-bond acceptors (Lipinski definition) is 4. The van der Waals surface area contributed by atoms with E-state index in [4.69, 9.17) is 0 Å². The van der Waals surface area contributed by atoms with E-state index in [1.54, 1.807) is 31.6 Å². The maximum absolute atomic E-state index is 13.7. The predicted octanol–water partition coefficient (Wildman–Crippen LogP) is 4.35. The van der Waals surface area contributed by atoms with Gasteiger partial charge < -0.3 is 0 Å². The number of aryl methyl sites for hydroxylation is 1. The van der Waals surface area contributed by atoms with Gasteiger partial charge in [-0.3, -0.25) is 9.97 Å². The van der Waals surface area contributed by atoms with Gasteiger partial charge in [-0.25, -0.2) is 8.42 Å². The van der Waals surface area contributed by atoms with Gasteiger partial charge in [-0.1, -0.05) is 48.5 Å². The standard InChI is InChI=1S/C23H21N3O2S/c1-17-15-19-11-8-13-21(22(19)25-16-17)29(27,28)26(2)23(18-9-4-3-5-10-18)20-12-6-7-14-24-20/h3-16,23H,1-2H3. The van der Waals surface area contributed by atoms with Crippen molar-refractivity contribution in [2.75, 3.05) is 7.05 Å². The minimum Gasteiger partial charge on any atom is -0.259 e. The van der Waals surface area contributed by atoms with Crippen molar-refractivity contribution in [2.24, 2.45) is 0 Å². The van der Waals surface area contributed by atoms with Gasteiger partial charge in [-0.15, -0.1) is 0 Å². The predicted molar refractivity (Wildman–Crippen MR) is 114 cm³/mol. The van der Waals surface area contributed by atoms with Crippen molar-refractivity contribution in [1.29, 1.82) is 0 Å². The van der Waals surface area contributed by atoms with Crippen LogP contribution in [0.25, 0.3) is 10.9 Å². The second kappa shape index (κ2) is 7.73. The van der Waals surface area contributed by atoms with Gasteiger partial charge in [0.25, 0.3) is 0 Å². The largest absolute Gasteiger partial charge is 0.259 e. The van der Waals surface area contributed by atoms with Crippen LogP contribution in [0.2, 0.25) is 0 Å². The van der Waals surface area contributed by atoms with Gasteiger partial charge in [-0.2, -0.15) is 4.31 Å². The fourth-order valence-corrected chi connectivity index (χ4v) is 4.97. The van der Waals surface area contributed by atoms with Gasteiger partial charge in [0.2, 0.25) is 10.0 Å². The van der Waals surface area contributed by atoms with E-state index in [9.17, 15) is 8.42 Å². The molecule has 0 spiro atoms. The molecule has 1 atom stereocenters. The lowest BCUT2D eigenvalue weighted by Crippen LogP contribution is -2.32. The molecular formula is C23H21N3O2S. The Morgan fingerprint density at radius 2 is 1.66 bits per heavy atom. The molecule has 146 valence electrons. The normalized spacial score (nSPS) is 12.9. The summed E-state index contributed by atoms with van der Waals surface area (Å²) >= 11 is 0. The number of aromatic nitrogens is 2. The molecule has 29 heavy (non-hydrogen) atoms. The molecule has 0 aliphatic heterocycles. The SMILES string of the molecule is Cc1cnc2c(S(=O)(=O)N(C)C(c3ccccc3)c3ccccn3)cccc2c1. The van der Waals surface area contributed by atoms with Crippen molar-refractivity contribution < 1.29 is 8.42 Å². The molecular weight excluding hydrogens is 382 g/mol.